The maximum Gasteiger partial charge on any atom is 0.222 e. The number of benzene rings is 1. The monoisotopic (exact) mass is 231 g/mol. The molecule has 2 aromatic rings. The summed E-state index contributed by atoms with van der Waals surface area (Å²) in [5.41, 5.74) is 6.58. The number of nitrogen functional groups attached to an aromatic ring is 1. The summed E-state index contributed by atoms with van der Waals surface area (Å²) in [5, 5.41) is 22.3. The third-order valence-electron chi connectivity index (χ3n) is 2.22. The van der Waals surface area contributed by atoms with Gasteiger partial charge in [0.2, 0.25) is 5.88 Å². The van der Waals surface area contributed by atoms with Gasteiger partial charge in [0.1, 0.15) is 11.8 Å². The Bertz CT molecular complexity index is 598. The van der Waals surface area contributed by atoms with Crippen molar-refractivity contribution in [2.75, 3.05) is 12.8 Å². The summed E-state index contributed by atoms with van der Waals surface area (Å²) in [6.07, 6.45) is 0. The molecule has 0 saturated heterocycles. The minimum Gasteiger partial charge on any atom is -0.504 e. The molecule has 0 aliphatic rings. The van der Waals surface area contributed by atoms with Crippen molar-refractivity contribution in [2.24, 2.45) is 0 Å². The molecular formula is C11H9N3O3. The van der Waals surface area contributed by atoms with E-state index in [-0.39, 0.29) is 22.9 Å². The smallest absolute Gasteiger partial charge is 0.222 e. The molecule has 17 heavy (non-hydrogen) atoms. The first kappa shape index (κ1) is 10.8. The van der Waals surface area contributed by atoms with Crippen molar-refractivity contribution in [3.63, 3.8) is 0 Å². The van der Waals surface area contributed by atoms with Crippen molar-refractivity contribution >= 4 is 5.88 Å². The number of nitrogens with zero attached hydrogens (tertiary/aromatic N) is 2. The molecule has 1 heterocycles. The summed E-state index contributed by atoms with van der Waals surface area (Å²) in [5.74, 6) is 0.157. The number of nitriles is 1. The highest BCUT2D eigenvalue weighted by atomic mass is 16.5. The van der Waals surface area contributed by atoms with Gasteiger partial charge in [-0.05, 0) is 12.1 Å². The Kier molecular flexibility index (Phi) is 2.58. The largest absolute Gasteiger partial charge is 0.504 e. The molecule has 0 unspecified atom stereocenters. The van der Waals surface area contributed by atoms with Crippen LogP contribution in [0.1, 0.15) is 5.56 Å². The molecule has 6 nitrogen and oxygen atoms in total. The molecule has 2 rings (SSSR count). The normalized spacial score (nSPS) is 9.88. The van der Waals surface area contributed by atoms with E-state index in [4.69, 9.17) is 20.3 Å². The van der Waals surface area contributed by atoms with Gasteiger partial charge in [-0.2, -0.15) is 5.26 Å². The highest BCUT2D eigenvalue weighted by molar-refractivity contribution is 5.69. The number of methoxy groups -OCH3 is 1. The van der Waals surface area contributed by atoms with E-state index in [1.165, 1.54) is 25.3 Å². The Morgan fingerprint density at radius 1 is 1.47 bits per heavy atom. The lowest BCUT2D eigenvalue weighted by atomic mass is 10.1. The minimum absolute atomic E-state index is 0.132. The molecule has 0 amide bonds. The van der Waals surface area contributed by atoms with Crippen LogP contribution in [0.5, 0.6) is 11.5 Å². The first-order chi connectivity index (χ1) is 8.15. The van der Waals surface area contributed by atoms with Crippen LogP contribution in [0.2, 0.25) is 0 Å². The summed E-state index contributed by atoms with van der Waals surface area (Å²) < 4.78 is 9.64. The van der Waals surface area contributed by atoms with E-state index in [1.807, 2.05) is 6.07 Å². The molecule has 0 spiro atoms. The lowest BCUT2D eigenvalue weighted by Crippen LogP contribution is -1.90. The zero-order chi connectivity index (χ0) is 12.4. The van der Waals surface area contributed by atoms with Crippen molar-refractivity contribution in [3.8, 4) is 28.8 Å². The molecule has 0 aliphatic heterocycles. The first-order valence-corrected chi connectivity index (χ1v) is 4.69. The third kappa shape index (κ3) is 1.86. The van der Waals surface area contributed by atoms with Gasteiger partial charge < -0.3 is 20.1 Å². The Hall–Kier alpha value is -2.68. The minimum atomic E-state index is -0.136. The van der Waals surface area contributed by atoms with Gasteiger partial charge in [0.05, 0.1) is 12.7 Å². The average Bonchev–Trinajstić information content (AvgIpc) is 2.74. The predicted molar refractivity (Wildman–Crippen MR) is 59.3 cm³/mol. The summed E-state index contributed by atoms with van der Waals surface area (Å²) in [6.45, 7) is 0. The SMILES string of the molecule is COc1c(O)cc(-c2cc(N)on2)cc1C#N. The van der Waals surface area contributed by atoms with E-state index in [9.17, 15) is 5.11 Å². The molecule has 1 aromatic heterocycles. The van der Waals surface area contributed by atoms with Crippen molar-refractivity contribution < 1.29 is 14.4 Å². The molecule has 0 radical (unpaired) electrons. The number of anilines is 1. The number of rotatable bonds is 2. The van der Waals surface area contributed by atoms with E-state index in [1.54, 1.807) is 0 Å². The van der Waals surface area contributed by atoms with Gasteiger partial charge in [0.25, 0.3) is 0 Å². The topological polar surface area (TPSA) is 105 Å². The number of phenolic OH excluding ortho intramolecular Hbond substituents is 1. The van der Waals surface area contributed by atoms with Gasteiger partial charge in [0.15, 0.2) is 11.5 Å². The highest BCUT2D eigenvalue weighted by Crippen LogP contribution is 2.35. The average molecular weight is 231 g/mol. The van der Waals surface area contributed by atoms with E-state index in [0.29, 0.717) is 11.3 Å². The fourth-order valence-corrected chi connectivity index (χ4v) is 1.48. The van der Waals surface area contributed by atoms with Crippen molar-refractivity contribution in [3.05, 3.63) is 23.8 Å². The molecule has 0 atom stereocenters. The third-order valence-corrected chi connectivity index (χ3v) is 2.22. The van der Waals surface area contributed by atoms with Crippen LogP contribution in [-0.2, 0) is 0 Å². The second-order valence-electron chi connectivity index (χ2n) is 3.30. The van der Waals surface area contributed by atoms with E-state index < -0.39 is 0 Å². The number of aromatic nitrogens is 1. The molecule has 0 aliphatic carbocycles. The second-order valence-corrected chi connectivity index (χ2v) is 3.30. The number of ether oxygens (including phenoxy) is 1. The molecule has 3 N–H and O–H groups in total. The van der Waals surface area contributed by atoms with Gasteiger partial charge in [-0.25, -0.2) is 0 Å². The Labute approximate surface area is 96.8 Å². The fourth-order valence-electron chi connectivity index (χ4n) is 1.48. The molecule has 6 heteroatoms. The molecular weight excluding hydrogens is 222 g/mol. The zero-order valence-corrected chi connectivity index (χ0v) is 8.97. The predicted octanol–water partition coefficient (Wildman–Crippen LogP) is 1.51. The van der Waals surface area contributed by atoms with Crippen LogP contribution in [0.4, 0.5) is 5.88 Å². The molecule has 0 fully saturated rings. The Morgan fingerprint density at radius 2 is 2.24 bits per heavy atom. The number of phenols is 1. The van der Waals surface area contributed by atoms with Gasteiger partial charge in [-0.15, -0.1) is 0 Å². The summed E-state index contributed by atoms with van der Waals surface area (Å²) >= 11 is 0. The number of hydrogen-bond donors (Lipinski definition) is 2. The van der Waals surface area contributed by atoms with Gasteiger partial charge in [-0.1, -0.05) is 5.16 Å². The quantitative estimate of drug-likeness (QED) is 0.811. The lowest BCUT2D eigenvalue weighted by Gasteiger charge is -2.06. The first-order valence-electron chi connectivity index (χ1n) is 4.69. The number of aromatic hydroxyl groups is 1. The van der Waals surface area contributed by atoms with E-state index in [0.717, 1.165) is 0 Å². The number of hydrogen-bond acceptors (Lipinski definition) is 6. The summed E-state index contributed by atoms with van der Waals surface area (Å²) in [4.78, 5) is 0. The molecule has 0 bridgehead atoms. The summed E-state index contributed by atoms with van der Waals surface area (Å²) in [7, 11) is 1.38. The van der Waals surface area contributed by atoms with Crippen LogP contribution < -0.4 is 10.5 Å². The Morgan fingerprint density at radius 3 is 2.76 bits per heavy atom. The van der Waals surface area contributed by atoms with Crippen molar-refractivity contribution in [1.82, 2.24) is 5.16 Å². The highest BCUT2D eigenvalue weighted by Gasteiger charge is 2.13. The van der Waals surface area contributed by atoms with Gasteiger partial charge in [-0.3, -0.25) is 0 Å². The van der Waals surface area contributed by atoms with E-state index >= 15 is 0 Å². The van der Waals surface area contributed by atoms with Gasteiger partial charge >= 0.3 is 0 Å². The van der Waals surface area contributed by atoms with Crippen molar-refractivity contribution in [2.45, 2.75) is 0 Å². The molecule has 86 valence electrons. The lowest BCUT2D eigenvalue weighted by molar-refractivity contribution is 0.372. The molecule has 1 aromatic carbocycles. The summed E-state index contributed by atoms with van der Waals surface area (Å²) in [6, 6.07) is 6.40. The van der Waals surface area contributed by atoms with Gasteiger partial charge in [0, 0.05) is 11.6 Å². The van der Waals surface area contributed by atoms with Crippen LogP contribution in [0.3, 0.4) is 0 Å². The standard InChI is InChI=1S/C11H9N3O3/c1-16-11-7(5-12)2-6(3-9(11)15)8-4-10(13)17-14-8/h2-4,15H,13H2,1H3. The maximum atomic E-state index is 9.71. The van der Waals surface area contributed by atoms with Crippen LogP contribution in [-0.4, -0.2) is 17.4 Å². The van der Waals surface area contributed by atoms with Crippen LogP contribution in [0, 0.1) is 11.3 Å². The Balaban J connectivity index is 2.58. The molecule has 0 saturated carbocycles. The van der Waals surface area contributed by atoms with E-state index in [2.05, 4.69) is 5.16 Å². The number of nitrogens with two attached hydrogens (primary N) is 1. The maximum absolute atomic E-state index is 9.71. The fraction of sp³-hybridized carbons (Fsp3) is 0.0909. The van der Waals surface area contributed by atoms with Crippen molar-refractivity contribution in [1.29, 1.82) is 5.26 Å². The zero-order valence-electron chi connectivity index (χ0n) is 8.97. The van der Waals surface area contributed by atoms with Crippen LogP contribution in [0.15, 0.2) is 22.7 Å². The van der Waals surface area contributed by atoms with Crippen LogP contribution >= 0.6 is 0 Å². The van der Waals surface area contributed by atoms with Crippen LogP contribution in [0.25, 0.3) is 11.3 Å². The second kappa shape index (κ2) is 4.06.